The molecule has 1 N–H and O–H groups in total. The van der Waals surface area contributed by atoms with Gasteiger partial charge < -0.3 is 24.1 Å². The van der Waals surface area contributed by atoms with Crippen LogP contribution in [0, 0.1) is 0 Å². The Morgan fingerprint density at radius 2 is 1.89 bits per heavy atom. The standard InChI is InChI=1S/C21H23N3O4/c1-27-16-9-7-15(8-10-16)19(25)20(26)23-11-4-12-24(14-13-23)21-22-17-5-2-3-6-18(17)28-21/h2-3,5-10,19,25H,4,11-14H2,1H3. The molecule has 1 unspecified atom stereocenters. The molecular formula is C21H23N3O4. The fraction of sp³-hybridized carbons (Fsp3) is 0.333. The van der Waals surface area contributed by atoms with Gasteiger partial charge in [-0.3, -0.25) is 4.79 Å². The van der Waals surface area contributed by atoms with Gasteiger partial charge in [0.05, 0.1) is 7.11 Å². The van der Waals surface area contributed by atoms with Gasteiger partial charge in [-0.1, -0.05) is 24.3 Å². The topological polar surface area (TPSA) is 79.0 Å². The highest BCUT2D eigenvalue weighted by atomic mass is 16.5. The molecule has 2 heterocycles. The Kier molecular flexibility index (Phi) is 5.16. The van der Waals surface area contributed by atoms with Crippen molar-refractivity contribution in [2.75, 3.05) is 38.2 Å². The van der Waals surface area contributed by atoms with Gasteiger partial charge in [0, 0.05) is 26.2 Å². The molecule has 7 nitrogen and oxygen atoms in total. The predicted octanol–water partition coefficient (Wildman–Crippen LogP) is 2.61. The van der Waals surface area contributed by atoms with E-state index in [4.69, 9.17) is 9.15 Å². The predicted molar refractivity (Wildman–Crippen MR) is 105 cm³/mol. The van der Waals surface area contributed by atoms with Crippen LogP contribution >= 0.6 is 0 Å². The molecule has 0 radical (unpaired) electrons. The van der Waals surface area contributed by atoms with E-state index >= 15 is 0 Å². The highest BCUT2D eigenvalue weighted by Gasteiger charge is 2.27. The summed E-state index contributed by atoms with van der Waals surface area (Å²) in [5.74, 6) is 0.400. The molecular weight excluding hydrogens is 358 g/mol. The van der Waals surface area contributed by atoms with Crippen molar-refractivity contribution in [3.63, 3.8) is 0 Å². The van der Waals surface area contributed by atoms with Crippen LogP contribution in [-0.4, -0.2) is 54.2 Å². The van der Waals surface area contributed by atoms with Crippen LogP contribution in [0.25, 0.3) is 11.1 Å². The number of hydrogen-bond acceptors (Lipinski definition) is 6. The van der Waals surface area contributed by atoms with E-state index in [1.54, 1.807) is 36.3 Å². The molecule has 1 aliphatic heterocycles. The first-order valence-electron chi connectivity index (χ1n) is 9.37. The van der Waals surface area contributed by atoms with E-state index < -0.39 is 6.10 Å². The quantitative estimate of drug-likeness (QED) is 0.748. The molecule has 1 aromatic heterocycles. The number of aromatic nitrogens is 1. The molecule has 1 amide bonds. The van der Waals surface area contributed by atoms with E-state index in [1.165, 1.54) is 0 Å². The maximum Gasteiger partial charge on any atom is 0.298 e. The van der Waals surface area contributed by atoms with Crippen LogP contribution in [0.1, 0.15) is 18.1 Å². The minimum Gasteiger partial charge on any atom is -0.497 e. The molecule has 2 aromatic carbocycles. The van der Waals surface area contributed by atoms with Gasteiger partial charge in [-0.2, -0.15) is 4.98 Å². The fourth-order valence-corrected chi connectivity index (χ4v) is 3.43. The van der Waals surface area contributed by atoms with Crippen molar-refractivity contribution in [3.05, 3.63) is 54.1 Å². The molecule has 1 aliphatic rings. The summed E-state index contributed by atoms with van der Waals surface area (Å²) in [6.07, 6.45) is -0.401. The Morgan fingerprint density at radius 3 is 2.64 bits per heavy atom. The highest BCUT2D eigenvalue weighted by molar-refractivity contribution is 5.82. The van der Waals surface area contributed by atoms with E-state index in [0.29, 0.717) is 37.0 Å². The van der Waals surface area contributed by atoms with Crippen molar-refractivity contribution in [1.82, 2.24) is 9.88 Å². The highest BCUT2D eigenvalue weighted by Crippen LogP contribution is 2.24. The number of fused-ring (bicyclic) bond motifs is 1. The normalized spacial score (nSPS) is 16.1. The summed E-state index contributed by atoms with van der Waals surface area (Å²) in [4.78, 5) is 21.1. The second-order valence-corrected chi connectivity index (χ2v) is 6.81. The third kappa shape index (κ3) is 3.66. The number of ether oxygens (including phenoxy) is 1. The number of benzene rings is 2. The van der Waals surface area contributed by atoms with Gasteiger partial charge in [0.15, 0.2) is 11.7 Å². The number of rotatable bonds is 4. The van der Waals surface area contributed by atoms with Crippen molar-refractivity contribution in [2.45, 2.75) is 12.5 Å². The summed E-state index contributed by atoms with van der Waals surface area (Å²) >= 11 is 0. The van der Waals surface area contributed by atoms with Crippen LogP contribution in [-0.2, 0) is 4.79 Å². The summed E-state index contributed by atoms with van der Waals surface area (Å²) in [7, 11) is 1.58. The van der Waals surface area contributed by atoms with E-state index in [-0.39, 0.29) is 5.91 Å². The lowest BCUT2D eigenvalue weighted by atomic mass is 10.1. The Bertz CT molecular complexity index is 921. The number of carbonyl (C=O) groups excluding carboxylic acids is 1. The number of nitrogens with zero attached hydrogens (tertiary/aromatic N) is 3. The number of aliphatic hydroxyl groups is 1. The van der Waals surface area contributed by atoms with Gasteiger partial charge in [0.1, 0.15) is 11.3 Å². The summed E-state index contributed by atoms with van der Waals surface area (Å²) < 4.78 is 11.0. The summed E-state index contributed by atoms with van der Waals surface area (Å²) in [6.45, 7) is 2.44. The van der Waals surface area contributed by atoms with Crippen LogP contribution in [0.3, 0.4) is 0 Å². The number of aliphatic hydroxyl groups excluding tert-OH is 1. The van der Waals surface area contributed by atoms with Crippen molar-refractivity contribution < 1.29 is 19.1 Å². The Labute approximate surface area is 163 Å². The number of para-hydroxylation sites is 2. The summed E-state index contributed by atoms with van der Waals surface area (Å²) in [6, 6.07) is 15.1. The minimum atomic E-state index is -1.18. The lowest BCUT2D eigenvalue weighted by Crippen LogP contribution is -2.38. The van der Waals surface area contributed by atoms with E-state index in [1.807, 2.05) is 29.2 Å². The summed E-state index contributed by atoms with van der Waals surface area (Å²) in [5, 5.41) is 10.5. The number of carbonyl (C=O) groups is 1. The van der Waals surface area contributed by atoms with Crippen LogP contribution in [0.4, 0.5) is 6.01 Å². The van der Waals surface area contributed by atoms with Gasteiger partial charge in [-0.15, -0.1) is 0 Å². The van der Waals surface area contributed by atoms with Crippen LogP contribution in [0.5, 0.6) is 5.75 Å². The Morgan fingerprint density at radius 1 is 1.11 bits per heavy atom. The van der Waals surface area contributed by atoms with Gasteiger partial charge >= 0.3 is 0 Å². The molecule has 7 heteroatoms. The number of oxazole rings is 1. The third-order valence-corrected chi connectivity index (χ3v) is 5.03. The fourth-order valence-electron chi connectivity index (χ4n) is 3.43. The Hall–Kier alpha value is -3.06. The second kappa shape index (κ2) is 7.90. The lowest BCUT2D eigenvalue weighted by molar-refractivity contribution is -0.140. The van der Waals surface area contributed by atoms with E-state index in [9.17, 15) is 9.90 Å². The smallest absolute Gasteiger partial charge is 0.298 e. The summed E-state index contributed by atoms with van der Waals surface area (Å²) in [5.41, 5.74) is 2.14. The van der Waals surface area contributed by atoms with E-state index in [2.05, 4.69) is 4.98 Å². The molecule has 0 bridgehead atoms. The van der Waals surface area contributed by atoms with Crippen LogP contribution in [0.2, 0.25) is 0 Å². The SMILES string of the molecule is COc1ccc(C(O)C(=O)N2CCCN(c3nc4ccccc4o3)CC2)cc1. The molecule has 1 atom stereocenters. The monoisotopic (exact) mass is 381 g/mol. The largest absolute Gasteiger partial charge is 0.497 e. The number of amides is 1. The first kappa shape index (κ1) is 18.3. The second-order valence-electron chi connectivity index (χ2n) is 6.81. The zero-order chi connectivity index (χ0) is 19.5. The zero-order valence-electron chi connectivity index (χ0n) is 15.7. The average Bonchev–Trinajstić information content (AvgIpc) is 3.02. The van der Waals surface area contributed by atoms with Gasteiger partial charge in [-0.05, 0) is 36.2 Å². The van der Waals surface area contributed by atoms with Crippen LogP contribution in [0.15, 0.2) is 52.9 Å². The third-order valence-electron chi connectivity index (χ3n) is 5.03. The van der Waals surface area contributed by atoms with Crippen molar-refractivity contribution in [2.24, 2.45) is 0 Å². The molecule has 0 spiro atoms. The maximum absolute atomic E-state index is 12.8. The molecule has 0 saturated carbocycles. The zero-order valence-corrected chi connectivity index (χ0v) is 15.7. The van der Waals surface area contributed by atoms with E-state index in [0.717, 1.165) is 24.1 Å². The molecule has 1 saturated heterocycles. The van der Waals surface area contributed by atoms with Crippen molar-refractivity contribution in [1.29, 1.82) is 0 Å². The molecule has 3 aromatic rings. The molecule has 0 aliphatic carbocycles. The Balaban J connectivity index is 1.43. The number of hydrogen-bond donors (Lipinski definition) is 1. The van der Waals surface area contributed by atoms with Crippen molar-refractivity contribution in [3.8, 4) is 5.75 Å². The first-order valence-corrected chi connectivity index (χ1v) is 9.37. The van der Waals surface area contributed by atoms with Gasteiger partial charge in [0.2, 0.25) is 0 Å². The number of anilines is 1. The first-order chi connectivity index (χ1) is 13.7. The average molecular weight is 381 g/mol. The molecule has 1 fully saturated rings. The number of methoxy groups -OCH3 is 1. The van der Waals surface area contributed by atoms with Gasteiger partial charge in [0.25, 0.3) is 11.9 Å². The molecule has 28 heavy (non-hydrogen) atoms. The molecule has 146 valence electrons. The minimum absolute atomic E-state index is 0.287. The molecule has 4 rings (SSSR count). The lowest BCUT2D eigenvalue weighted by Gasteiger charge is -2.24. The van der Waals surface area contributed by atoms with Gasteiger partial charge in [-0.25, -0.2) is 0 Å². The van der Waals surface area contributed by atoms with Crippen LogP contribution < -0.4 is 9.64 Å². The maximum atomic E-state index is 12.8. The van der Waals surface area contributed by atoms with Crippen molar-refractivity contribution >= 4 is 23.0 Å².